The summed E-state index contributed by atoms with van der Waals surface area (Å²) < 4.78 is 38.7. The van der Waals surface area contributed by atoms with Gasteiger partial charge in [0.25, 0.3) is 0 Å². The zero-order chi connectivity index (χ0) is 20.7. The van der Waals surface area contributed by atoms with Crippen LogP contribution in [0, 0.1) is 5.82 Å². The van der Waals surface area contributed by atoms with Crippen molar-refractivity contribution in [2.45, 2.75) is 5.75 Å². The minimum atomic E-state index is -3.66. The van der Waals surface area contributed by atoms with Crippen LogP contribution in [-0.4, -0.2) is 39.4 Å². The molecule has 5 nitrogen and oxygen atoms in total. The molecule has 0 spiro atoms. The van der Waals surface area contributed by atoms with Gasteiger partial charge in [-0.05, 0) is 30.3 Å². The molecule has 0 radical (unpaired) electrons. The van der Waals surface area contributed by atoms with E-state index < -0.39 is 15.9 Å². The Balaban J connectivity index is 1.85. The number of nitrogens with zero attached hydrogens (tertiary/aromatic N) is 1. The fourth-order valence-corrected chi connectivity index (χ4v) is 4.55. The Bertz CT molecular complexity index is 922. The Morgan fingerprint density at radius 3 is 2.57 bits per heavy atom. The highest BCUT2D eigenvalue weighted by Gasteiger charge is 2.20. The predicted molar refractivity (Wildman–Crippen MR) is 114 cm³/mol. The number of nitrogens with one attached hydrogen (secondary N) is 1. The van der Waals surface area contributed by atoms with Gasteiger partial charge in [-0.1, -0.05) is 35.3 Å². The standard InChI is InChI=1S/C18H19Cl2FN2O3S2/c1-28(25,26)23(14-5-2-4-13(19)10-14)11-18(24)22-8-9-27-12-15-16(20)6-3-7-17(15)21/h2-7,10H,8-9,11-12H2,1H3,(H,22,24). The second kappa shape index (κ2) is 10.3. The van der Waals surface area contributed by atoms with Crippen LogP contribution in [0.2, 0.25) is 10.0 Å². The summed E-state index contributed by atoms with van der Waals surface area (Å²) in [6.45, 7) is -0.0499. The number of benzene rings is 2. The Morgan fingerprint density at radius 1 is 1.21 bits per heavy atom. The molecular formula is C18H19Cl2FN2O3S2. The molecule has 2 aromatic carbocycles. The Labute approximate surface area is 178 Å². The van der Waals surface area contributed by atoms with Crippen molar-refractivity contribution in [1.29, 1.82) is 0 Å². The first kappa shape index (κ1) is 22.8. The molecule has 1 amide bonds. The fraction of sp³-hybridized carbons (Fsp3) is 0.278. The van der Waals surface area contributed by atoms with Crippen LogP contribution < -0.4 is 9.62 Å². The molecular weight excluding hydrogens is 446 g/mol. The van der Waals surface area contributed by atoms with E-state index in [4.69, 9.17) is 23.2 Å². The molecule has 0 atom stereocenters. The summed E-state index contributed by atoms with van der Waals surface area (Å²) in [4.78, 5) is 12.2. The molecule has 0 aromatic heterocycles. The van der Waals surface area contributed by atoms with Crippen LogP contribution in [0.4, 0.5) is 10.1 Å². The van der Waals surface area contributed by atoms with Gasteiger partial charge in [-0.2, -0.15) is 11.8 Å². The van der Waals surface area contributed by atoms with Gasteiger partial charge >= 0.3 is 0 Å². The van der Waals surface area contributed by atoms with Crippen molar-refractivity contribution in [3.63, 3.8) is 0 Å². The van der Waals surface area contributed by atoms with Crippen molar-refractivity contribution in [2.75, 3.05) is 29.4 Å². The van der Waals surface area contributed by atoms with E-state index in [2.05, 4.69) is 5.32 Å². The van der Waals surface area contributed by atoms with Crippen LogP contribution in [-0.2, 0) is 20.6 Å². The number of anilines is 1. The molecule has 0 saturated carbocycles. The second-order valence-electron chi connectivity index (χ2n) is 5.85. The van der Waals surface area contributed by atoms with Crippen LogP contribution in [0.3, 0.4) is 0 Å². The molecule has 0 saturated heterocycles. The van der Waals surface area contributed by atoms with E-state index in [0.717, 1.165) is 10.6 Å². The normalized spacial score (nSPS) is 11.3. The zero-order valence-electron chi connectivity index (χ0n) is 15.0. The van der Waals surface area contributed by atoms with Crippen LogP contribution in [0.15, 0.2) is 42.5 Å². The van der Waals surface area contributed by atoms with Crippen LogP contribution in [0.1, 0.15) is 5.56 Å². The number of amides is 1. The summed E-state index contributed by atoms with van der Waals surface area (Å²) >= 11 is 13.3. The highest BCUT2D eigenvalue weighted by molar-refractivity contribution is 7.98. The van der Waals surface area contributed by atoms with E-state index in [9.17, 15) is 17.6 Å². The molecule has 0 aliphatic carbocycles. The number of carbonyl (C=O) groups excluding carboxylic acids is 1. The summed E-state index contributed by atoms with van der Waals surface area (Å²) in [6, 6.07) is 10.8. The smallest absolute Gasteiger partial charge is 0.240 e. The molecule has 0 unspecified atom stereocenters. The van der Waals surface area contributed by atoms with Gasteiger partial charge in [-0.15, -0.1) is 0 Å². The van der Waals surface area contributed by atoms with E-state index in [1.807, 2.05) is 0 Å². The fourth-order valence-electron chi connectivity index (χ4n) is 2.32. The SMILES string of the molecule is CS(=O)(=O)N(CC(=O)NCCSCc1c(F)cccc1Cl)c1cccc(Cl)c1. The molecule has 0 fully saturated rings. The van der Waals surface area contributed by atoms with Crippen LogP contribution in [0.25, 0.3) is 0 Å². The van der Waals surface area contributed by atoms with Crippen LogP contribution in [0.5, 0.6) is 0 Å². The van der Waals surface area contributed by atoms with Crippen molar-refractivity contribution in [3.8, 4) is 0 Å². The molecule has 152 valence electrons. The van der Waals surface area contributed by atoms with E-state index in [0.29, 0.717) is 39.3 Å². The molecule has 1 N–H and O–H groups in total. The Kier molecular flexibility index (Phi) is 8.42. The average Bonchev–Trinajstić information content (AvgIpc) is 2.60. The molecule has 28 heavy (non-hydrogen) atoms. The average molecular weight is 465 g/mol. The van der Waals surface area contributed by atoms with Crippen molar-refractivity contribution in [3.05, 3.63) is 63.9 Å². The highest BCUT2D eigenvalue weighted by atomic mass is 35.5. The number of carbonyl (C=O) groups is 1. The number of sulfonamides is 1. The van der Waals surface area contributed by atoms with Crippen molar-refractivity contribution in [2.24, 2.45) is 0 Å². The number of rotatable bonds is 9. The first-order chi connectivity index (χ1) is 13.2. The lowest BCUT2D eigenvalue weighted by atomic mass is 10.2. The van der Waals surface area contributed by atoms with E-state index >= 15 is 0 Å². The molecule has 0 heterocycles. The monoisotopic (exact) mass is 464 g/mol. The summed E-state index contributed by atoms with van der Waals surface area (Å²) in [5.41, 5.74) is 0.735. The van der Waals surface area contributed by atoms with Crippen molar-refractivity contribution in [1.82, 2.24) is 5.32 Å². The maximum absolute atomic E-state index is 13.7. The lowest BCUT2D eigenvalue weighted by Gasteiger charge is -2.22. The summed E-state index contributed by atoms with van der Waals surface area (Å²) in [5.74, 6) is 0.0792. The Morgan fingerprint density at radius 2 is 1.93 bits per heavy atom. The molecule has 0 aliphatic rings. The van der Waals surface area contributed by atoms with Crippen LogP contribution >= 0.6 is 35.0 Å². The number of halogens is 3. The topological polar surface area (TPSA) is 66.5 Å². The van der Waals surface area contributed by atoms with Gasteiger partial charge in [0.05, 0.1) is 11.9 Å². The number of thioether (sulfide) groups is 1. The molecule has 10 heteroatoms. The highest BCUT2D eigenvalue weighted by Crippen LogP contribution is 2.24. The molecule has 0 bridgehead atoms. The van der Waals surface area contributed by atoms with Crippen molar-refractivity contribution >= 4 is 56.6 Å². The first-order valence-electron chi connectivity index (χ1n) is 8.19. The summed E-state index contributed by atoms with van der Waals surface area (Å²) in [6.07, 6.45) is 1.02. The maximum Gasteiger partial charge on any atom is 0.240 e. The predicted octanol–water partition coefficient (Wildman–Crippen LogP) is 3.95. The Hall–Kier alpha value is -1.48. The van der Waals surface area contributed by atoms with Gasteiger partial charge in [-0.3, -0.25) is 9.10 Å². The van der Waals surface area contributed by atoms with Gasteiger partial charge < -0.3 is 5.32 Å². The third-order valence-corrected chi connectivity index (χ3v) is 6.38. The van der Waals surface area contributed by atoms with E-state index in [1.165, 1.54) is 23.9 Å². The van der Waals surface area contributed by atoms with Gasteiger partial charge in [0.1, 0.15) is 12.4 Å². The van der Waals surface area contributed by atoms with Gasteiger partial charge in [0, 0.05) is 33.7 Å². The summed E-state index contributed by atoms with van der Waals surface area (Å²) in [5, 5.41) is 3.39. The van der Waals surface area contributed by atoms with Gasteiger partial charge in [-0.25, -0.2) is 12.8 Å². The zero-order valence-corrected chi connectivity index (χ0v) is 18.1. The quantitative estimate of drug-likeness (QED) is 0.570. The van der Waals surface area contributed by atoms with Gasteiger partial charge in [0.2, 0.25) is 15.9 Å². The largest absolute Gasteiger partial charge is 0.354 e. The molecule has 0 aliphatic heterocycles. The number of hydrogen-bond acceptors (Lipinski definition) is 4. The minimum Gasteiger partial charge on any atom is -0.354 e. The third kappa shape index (κ3) is 6.84. The lowest BCUT2D eigenvalue weighted by molar-refractivity contribution is -0.119. The molecule has 2 rings (SSSR count). The minimum absolute atomic E-state index is 0.308. The maximum atomic E-state index is 13.7. The van der Waals surface area contributed by atoms with E-state index in [-0.39, 0.29) is 12.4 Å². The lowest BCUT2D eigenvalue weighted by Crippen LogP contribution is -2.41. The van der Waals surface area contributed by atoms with Crippen molar-refractivity contribution < 1.29 is 17.6 Å². The van der Waals surface area contributed by atoms with Gasteiger partial charge in [0.15, 0.2) is 0 Å². The summed E-state index contributed by atoms with van der Waals surface area (Å²) in [7, 11) is -3.66. The number of hydrogen-bond donors (Lipinski definition) is 1. The van der Waals surface area contributed by atoms with E-state index in [1.54, 1.807) is 30.3 Å². The molecule has 2 aromatic rings. The third-order valence-electron chi connectivity index (χ3n) is 3.66. The first-order valence-corrected chi connectivity index (χ1v) is 11.9. The second-order valence-corrected chi connectivity index (χ2v) is 9.71.